The zero-order valence-corrected chi connectivity index (χ0v) is 14.4. The minimum atomic E-state index is -0.480. The van der Waals surface area contributed by atoms with Crippen molar-refractivity contribution in [3.05, 3.63) is 17.2 Å². The van der Waals surface area contributed by atoms with E-state index < -0.39 is 11.7 Å². The average Bonchev–Trinajstić information content (AvgIpc) is 2.77. The molecule has 0 bridgehead atoms. The predicted molar refractivity (Wildman–Crippen MR) is 85.9 cm³/mol. The molecule has 6 heteroatoms. The number of hydrogen-bond donors (Lipinski definition) is 2. The first-order valence-corrected chi connectivity index (χ1v) is 7.88. The molecule has 1 aromatic rings. The van der Waals surface area contributed by atoms with Gasteiger partial charge in [0, 0.05) is 32.2 Å². The van der Waals surface area contributed by atoms with Crippen LogP contribution >= 0.6 is 0 Å². The summed E-state index contributed by atoms with van der Waals surface area (Å²) < 4.78 is 10.4. The van der Waals surface area contributed by atoms with E-state index in [9.17, 15) is 4.79 Å². The topological polar surface area (TPSA) is 76.2 Å². The summed E-state index contributed by atoms with van der Waals surface area (Å²) in [6.07, 6.45) is 3.46. The molecule has 0 fully saturated rings. The summed E-state index contributed by atoms with van der Waals surface area (Å²) in [7, 11) is 1.66. The van der Waals surface area contributed by atoms with E-state index in [0.717, 1.165) is 36.5 Å². The minimum Gasteiger partial charge on any atom is -0.444 e. The van der Waals surface area contributed by atoms with Gasteiger partial charge >= 0.3 is 6.09 Å². The Morgan fingerprint density at radius 1 is 1.32 bits per heavy atom. The SMILES string of the molecule is CCCCc1nc(COC)c(CCNC(=O)OC(C)(C)C)[nH]1. The molecule has 0 saturated carbocycles. The van der Waals surface area contributed by atoms with Gasteiger partial charge in [0.2, 0.25) is 0 Å². The van der Waals surface area contributed by atoms with Crippen molar-refractivity contribution in [1.29, 1.82) is 0 Å². The molecule has 1 aromatic heterocycles. The fraction of sp³-hybridized carbons (Fsp3) is 0.750. The van der Waals surface area contributed by atoms with E-state index in [2.05, 4.69) is 22.2 Å². The number of aromatic nitrogens is 2. The van der Waals surface area contributed by atoms with Gasteiger partial charge in [-0.1, -0.05) is 13.3 Å². The molecule has 1 rings (SSSR count). The smallest absolute Gasteiger partial charge is 0.407 e. The number of aryl methyl sites for hydroxylation is 1. The number of alkyl carbamates (subject to hydrolysis) is 1. The van der Waals surface area contributed by atoms with Crippen molar-refractivity contribution in [3.8, 4) is 0 Å². The number of ether oxygens (including phenoxy) is 2. The van der Waals surface area contributed by atoms with E-state index in [1.165, 1.54) is 0 Å². The first kappa shape index (κ1) is 18.5. The van der Waals surface area contributed by atoms with Crippen LogP contribution in [0.3, 0.4) is 0 Å². The van der Waals surface area contributed by atoms with Crippen LogP contribution in [0.5, 0.6) is 0 Å². The van der Waals surface area contributed by atoms with Crippen LogP contribution in [0.4, 0.5) is 4.79 Å². The molecular formula is C16H29N3O3. The second-order valence-electron chi connectivity index (χ2n) is 6.32. The highest BCUT2D eigenvalue weighted by Crippen LogP contribution is 2.11. The van der Waals surface area contributed by atoms with Gasteiger partial charge in [-0.3, -0.25) is 0 Å². The third-order valence-electron chi connectivity index (χ3n) is 3.00. The molecule has 0 radical (unpaired) electrons. The third-order valence-corrected chi connectivity index (χ3v) is 3.00. The Balaban J connectivity index is 2.52. The number of carbonyl (C=O) groups is 1. The molecule has 6 nitrogen and oxygen atoms in total. The highest BCUT2D eigenvalue weighted by Gasteiger charge is 2.16. The normalized spacial score (nSPS) is 11.5. The molecule has 0 atom stereocenters. The van der Waals surface area contributed by atoms with E-state index in [1.807, 2.05) is 20.8 Å². The van der Waals surface area contributed by atoms with Crippen LogP contribution in [0.2, 0.25) is 0 Å². The van der Waals surface area contributed by atoms with E-state index in [4.69, 9.17) is 9.47 Å². The highest BCUT2D eigenvalue weighted by molar-refractivity contribution is 5.67. The summed E-state index contributed by atoms with van der Waals surface area (Å²) in [6, 6.07) is 0. The monoisotopic (exact) mass is 311 g/mol. The lowest BCUT2D eigenvalue weighted by molar-refractivity contribution is 0.0528. The molecule has 0 aliphatic rings. The van der Waals surface area contributed by atoms with Crippen LogP contribution in [0, 0.1) is 0 Å². The lowest BCUT2D eigenvalue weighted by atomic mass is 10.2. The molecule has 0 aromatic carbocycles. The van der Waals surface area contributed by atoms with Crippen LogP contribution in [-0.2, 0) is 28.9 Å². The van der Waals surface area contributed by atoms with E-state index in [1.54, 1.807) is 7.11 Å². The van der Waals surface area contributed by atoms with Crippen molar-refractivity contribution in [1.82, 2.24) is 15.3 Å². The Morgan fingerprint density at radius 2 is 2.05 bits per heavy atom. The number of carbonyl (C=O) groups excluding carboxylic acids is 1. The molecule has 126 valence electrons. The standard InChI is InChI=1S/C16H29N3O3/c1-6-7-8-14-18-12(13(19-14)11-21-5)9-10-17-15(20)22-16(2,3)4/h6-11H2,1-5H3,(H,17,20)(H,18,19). The van der Waals surface area contributed by atoms with Gasteiger partial charge in [0.15, 0.2) is 0 Å². The largest absolute Gasteiger partial charge is 0.444 e. The molecule has 0 saturated heterocycles. The number of nitrogens with zero attached hydrogens (tertiary/aromatic N) is 1. The van der Waals surface area contributed by atoms with Gasteiger partial charge in [0.05, 0.1) is 12.3 Å². The van der Waals surface area contributed by atoms with Gasteiger partial charge in [-0.2, -0.15) is 0 Å². The Kier molecular flexibility index (Phi) is 7.38. The van der Waals surface area contributed by atoms with Gasteiger partial charge in [0.25, 0.3) is 0 Å². The molecule has 0 spiro atoms. The molecular weight excluding hydrogens is 282 g/mol. The van der Waals surface area contributed by atoms with Crippen molar-refractivity contribution in [3.63, 3.8) is 0 Å². The van der Waals surface area contributed by atoms with Gasteiger partial charge in [-0.25, -0.2) is 9.78 Å². The van der Waals surface area contributed by atoms with Crippen molar-refractivity contribution in [2.45, 2.75) is 65.6 Å². The van der Waals surface area contributed by atoms with Gasteiger partial charge < -0.3 is 19.8 Å². The first-order valence-electron chi connectivity index (χ1n) is 7.88. The van der Waals surface area contributed by atoms with E-state index in [-0.39, 0.29) is 0 Å². The van der Waals surface area contributed by atoms with E-state index >= 15 is 0 Å². The zero-order chi connectivity index (χ0) is 16.6. The molecule has 0 unspecified atom stereocenters. The summed E-state index contributed by atoms with van der Waals surface area (Å²) in [5, 5.41) is 2.76. The fourth-order valence-electron chi connectivity index (χ4n) is 2.03. The Morgan fingerprint density at radius 3 is 2.64 bits per heavy atom. The number of nitrogens with one attached hydrogen (secondary N) is 2. The van der Waals surface area contributed by atoms with Crippen LogP contribution in [0.25, 0.3) is 0 Å². The van der Waals surface area contributed by atoms with Crippen LogP contribution in [0.15, 0.2) is 0 Å². The second kappa shape index (κ2) is 8.78. The number of amides is 1. The fourth-order valence-corrected chi connectivity index (χ4v) is 2.03. The molecule has 1 amide bonds. The van der Waals surface area contributed by atoms with Crippen molar-refractivity contribution >= 4 is 6.09 Å². The van der Waals surface area contributed by atoms with Crippen LogP contribution < -0.4 is 5.32 Å². The van der Waals surface area contributed by atoms with Crippen molar-refractivity contribution in [2.75, 3.05) is 13.7 Å². The summed E-state index contributed by atoms with van der Waals surface area (Å²) in [4.78, 5) is 19.5. The maximum Gasteiger partial charge on any atom is 0.407 e. The highest BCUT2D eigenvalue weighted by atomic mass is 16.6. The number of H-pyrrole nitrogens is 1. The summed E-state index contributed by atoms with van der Waals surface area (Å²) >= 11 is 0. The number of hydrogen-bond acceptors (Lipinski definition) is 4. The lowest BCUT2D eigenvalue weighted by Crippen LogP contribution is -2.33. The number of unbranched alkanes of at least 4 members (excludes halogenated alkanes) is 1. The number of rotatable bonds is 8. The third kappa shape index (κ3) is 6.93. The van der Waals surface area contributed by atoms with Gasteiger partial charge in [-0.05, 0) is 27.2 Å². The summed E-state index contributed by atoms with van der Waals surface area (Å²) in [5.74, 6) is 0.987. The maximum atomic E-state index is 11.6. The van der Waals surface area contributed by atoms with Crippen molar-refractivity contribution in [2.24, 2.45) is 0 Å². The van der Waals surface area contributed by atoms with Gasteiger partial charge in [-0.15, -0.1) is 0 Å². The maximum absolute atomic E-state index is 11.6. The van der Waals surface area contributed by atoms with Crippen LogP contribution in [-0.4, -0.2) is 35.3 Å². The molecule has 22 heavy (non-hydrogen) atoms. The average molecular weight is 311 g/mol. The number of methoxy groups -OCH3 is 1. The summed E-state index contributed by atoms with van der Waals surface area (Å²) in [5.41, 5.74) is 1.45. The molecule has 2 N–H and O–H groups in total. The zero-order valence-electron chi connectivity index (χ0n) is 14.4. The number of aromatic amines is 1. The Hall–Kier alpha value is -1.56. The molecule has 0 aliphatic heterocycles. The molecule has 1 heterocycles. The quantitative estimate of drug-likeness (QED) is 0.774. The van der Waals surface area contributed by atoms with E-state index in [0.29, 0.717) is 19.6 Å². The first-order chi connectivity index (χ1) is 10.4. The molecule has 0 aliphatic carbocycles. The van der Waals surface area contributed by atoms with Crippen molar-refractivity contribution < 1.29 is 14.3 Å². The Bertz CT molecular complexity index is 464. The second-order valence-corrected chi connectivity index (χ2v) is 6.32. The Labute approximate surface area is 133 Å². The van der Waals surface area contributed by atoms with Gasteiger partial charge in [0.1, 0.15) is 11.4 Å². The lowest BCUT2D eigenvalue weighted by Gasteiger charge is -2.19. The minimum absolute atomic E-state index is 0.397. The predicted octanol–water partition coefficient (Wildman–Crippen LogP) is 2.97. The number of imidazole rings is 1. The van der Waals surface area contributed by atoms with Crippen LogP contribution in [0.1, 0.15) is 57.7 Å². The summed E-state index contributed by atoms with van der Waals surface area (Å²) in [6.45, 7) is 8.67.